The number of allylic oxidation sites excluding steroid dienone is 1. The number of nitrogens with one attached hydrogen (secondary N) is 4. The van der Waals surface area contributed by atoms with Crippen molar-refractivity contribution in [2.24, 2.45) is 0 Å². The maximum atomic E-state index is 14.0. The molecule has 40 nitrogen and oxygen atoms in total. The van der Waals surface area contributed by atoms with Crippen molar-refractivity contribution in [3.8, 4) is 0 Å². The zero-order valence-corrected chi connectivity index (χ0v) is 70.5. The summed E-state index contributed by atoms with van der Waals surface area (Å²) in [6, 6.07) is -6.70. The van der Waals surface area contributed by atoms with Gasteiger partial charge in [-0.15, -0.1) is 0 Å². The fraction of sp³-hybridized carbons (Fsp3) is 0.914. The molecule has 0 bridgehead atoms. The molecule has 704 valence electrons. The van der Waals surface area contributed by atoms with Crippen LogP contribution < -0.4 is 21.3 Å². The summed E-state index contributed by atoms with van der Waals surface area (Å²) in [4.78, 5) is 66.1. The zero-order chi connectivity index (χ0) is 89.0. The monoisotopic (exact) mass is 1750 g/mol. The van der Waals surface area contributed by atoms with Crippen LogP contribution in [0.3, 0.4) is 0 Å². The van der Waals surface area contributed by atoms with E-state index in [0.29, 0.717) is 12.8 Å². The van der Waals surface area contributed by atoms with E-state index in [4.69, 9.17) is 56.8 Å². The number of aliphatic hydroxyl groups is 18. The van der Waals surface area contributed by atoms with Crippen molar-refractivity contribution in [2.75, 3.05) is 46.2 Å². The number of rotatable bonds is 56. The Morgan fingerprint density at radius 1 is 0.430 bits per heavy atom. The van der Waals surface area contributed by atoms with Crippen molar-refractivity contribution < 1.29 is 178 Å². The minimum Gasteiger partial charge on any atom is -0.477 e. The fourth-order valence-corrected chi connectivity index (χ4v) is 16.2. The third kappa shape index (κ3) is 31.7. The van der Waals surface area contributed by atoms with Crippen LogP contribution in [0.2, 0.25) is 0 Å². The highest BCUT2D eigenvalue weighted by Gasteiger charge is 2.63. The van der Waals surface area contributed by atoms with Gasteiger partial charge in [-0.1, -0.05) is 180 Å². The first-order chi connectivity index (χ1) is 57.9. The normalized spacial score (nSPS) is 35.8. The molecule has 6 aliphatic rings. The summed E-state index contributed by atoms with van der Waals surface area (Å²) < 4.78 is 72.6. The zero-order valence-electron chi connectivity index (χ0n) is 70.5. The number of aliphatic carboxylic acids is 1. The lowest BCUT2D eigenvalue weighted by atomic mass is 9.88. The number of unbranched alkanes of at least 4 members (excludes halogenated alkanes) is 25. The van der Waals surface area contributed by atoms with Crippen LogP contribution in [0.5, 0.6) is 0 Å². The third-order valence-electron chi connectivity index (χ3n) is 23.1. The quantitative estimate of drug-likeness (QED) is 0.0212. The molecule has 121 heavy (non-hydrogen) atoms. The maximum Gasteiger partial charge on any atom is 0.364 e. The second kappa shape index (κ2) is 54.9. The molecule has 0 aromatic rings. The van der Waals surface area contributed by atoms with Crippen LogP contribution in [-0.4, -0.2) is 375 Å². The Balaban J connectivity index is 1.28. The number of carboxylic acids is 1. The van der Waals surface area contributed by atoms with Crippen LogP contribution in [0.15, 0.2) is 12.2 Å². The van der Waals surface area contributed by atoms with E-state index in [-0.39, 0.29) is 6.42 Å². The number of amides is 4. The number of carbonyl (C=O) groups is 5. The van der Waals surface area contributed by atoms with Gasteiger partial charge >= 0.3 is 5.97 Å². The SMILES string of the molecule is CCCCCCCCCCCCC/C=C/[C@@H](O)[C@H](CO[C@@H]1OC(CO)[C@@H](O[C@@H]2OC(CO)[C@H](O[C@@H]3OC(CO)[C@H](O)[C@H](O[C@@H]4OC(CO)[C@H](O)[C@H](O[C@@H]5OC(CO)[C@@H](O)[C@H](O)C5NC(C)=O)C4O)C3NC(C)=O)[C@H](O[C@]3(C(=O)O)CC(O)[C@@H](NC(C)=O)C([C@H](O)[C@H](O)CO)O3)C2O)[C@H](O)C1O)NC(=O)CCCCCCCCCCCCCCCCC. The van der Waals surface area contributed by atoms with Gasteiger partial charge in [0, 0.05) is 33.6 Å². The van der Waals surface area contributed by atoms with E-state index in [2.05, 4.69) is 35.1 Å². The molecule has 40 heteroatoms. The van der Waals surface area contributed by atoms with Gasteiger partial charge in [-0.25, -0.2) is 4.79 Å². The molecule has 4 amide bonds. The lowest BCUT2D eigenvalue weighted by Crippen LogP contribution is -2.72. The predicted octanol–water partition coefficient (Wildman–Crippen LogP) is -3.07. The number of aliphatic hydroxyl groups excluding tert-OH is 18. The van der Waals surface area contributed by atoms with Gasteiger partial charge in [0.25, 0.3) is 5.79 Å². The summed E-state index contributed by atoms with van der Waals surface area (Å²) in [5.74, 6) is -8.75. The maximum absolute atomic E-state index is 14.0. The third-order valence-corrected chi connectivity index (χ3v) is 23.1. The first-order valence-corrected chi connectivity index (χ1v) is 43.6. The van der Waals surface area contributed by atoms with Gasteiger partial charge in [0.2, 0.25) is 23.6 Å². The van der Waals surface area contributed by atoms with Crippen LogP contribution in [0.1, 0.15) is 221 Å². The van der Waals surface area contributed by atoms with E-state index in [1.165, 1.54) is 102 Å². The largest absolute Gasteiger partial charge is 0.477 e. The molecule has 0 saturated carbocycles. The second-order valence-corrected chi connectivity index (χ2v) is 32.8. The summed E-state index contributed by atoms with van der Waals surface area (Å²) in [5, 5.41) is 225. The second-order valence-electron chi connectivity index (χ2n) is 32.8. The molecular formula is C81H144N4O36. The van der Waals surface area contributed by atoms with E-state index in [1.807, 2.05) is 0 Å². The van der Waals surface area contributed by atoms with Gasteiger partial charge in [0.1, 0.15) is 140 Å². The van der Waals surface area contributed by atoms with E-state index >= 15 is 0 Å². The van der Waals surface area contributed by atoms with Gasteiger partial charge in [-0.2, -0.15) is 0 Å². The van der Waals surface area contributed by atoms with E-state index in [0.717, 1.165) is 85.0 Å². The molecule has 6 heterocycles. The van der Waals surface area contributed by atoms with Crippen molar-refractivity contribution in [1.29, 1.82) is 0 Å². The van der Waals surface area contributed by atoms with Crippen molar-refractivity contribution in [2.45, 2.75) is 423 Å². The minimum atomic E-state index is -3.45. The first kappa shape index (κ1) is 106. The smallest absolute Gasteiger partial charge is 0.364 e. The van der Waals surface area contributed by atoms with Gasteiger partial charge in [-0.05, 0) is 19.3 Å². The highest BCUT2D eigenvalue weighted by atomic mass is 16.8. The highest BCUT2D eigenvalue weighted by molar-refractivity contribution is 5.77. The summed E-state index contributed by atoms with van der Waals surface area (Å²) in [5.41, 5.74) is 0. The summed E-state index contributed by atoms with van der Waals surface area (Å²) in [6.45, 7) is -0.0777. The molecule has 6 saturated heterocycles. The number of hydrogen-bond donors (Lipinski definition) is 23. The highest BCUT2D eigenvalue weighted by Crippen LogP contribution is 2.42. The Labute approximate surface area is 707 Å². The van der Waals surface area contributed by atoms with Gasteiger partial charge in [0.15, 0.2) is 31.5 Å². The standard InChI is InChI=1S/C81H144N4O36/c1-6-8-10-12-14-16-18-20-21-23-25-27-29-31-33-35-56(98)85-47(48(95)34-32-30-28-26-24-22-19-17-15-13-11-9-7-2)43-110-77-66(105)65(104)69(54(41-90)114-77)116-79-68(107)74(121-81(80(108)109)36-49(96)57(82-44(3)92)72(120-81)60(99)50(97)37-86)70(55(42-91)115-79)117-76-59(84-46(5)94)71(62(101)52(39-88)112-76)118-78-67(106)73(63(102)53(40-89)113-78)119-75-58(83-45(4)93)64(103)61(100)51(38-87)111-75/h32,34,47-55,57-79,86-91,95-97,99-107H,6-31,33,35-43H2,1-5H3,(H,82,92)(H,83,93)(H,84,94)(H,85,98)(H,108,109)/b34-32+/t47-,48+,49?,50+,51?,52?,53?,54?,55?,57+,58?,59?,60+,61+,62-,63-,64+,65+,66?,67?,68?,69+,70-,71+,72?,73-,74+,75-,76-,77+,78-,79-,81-/m0/s1. The van der Waals surface area contributed by atoms with Crippen molar-refractivity contribution in [3.63, 3.8) is 0 Å². The van der Waals surface area contributed by atoms with Crippen molar-refractivity contribution in [3.05, 3.63) is 12.2 Å². The summed E-state index contributed by atoms with van der Waals surface area (Å²) >= 11 is 0. The summed E-state index contributed by atoms with van der Waals surface area (Å²) in [6.07, 6.45) is -26.8. The molecule has 0 aromatic heterocycles. The molecular weight excluding hydrogens is 1600 g/mol. The van der Waals surface area contributed by atoms with Crippen LogP contribution in [0, 0.1) is 0 Å². The average Bonchev–Trinajstić information content (AvgIpc) is 0.743. The van der Waals surface area contributed by atoms with E-state index < -0.39 is 284 Å². The van der Waals surface area contributed by atoms with Crippen molar-refractivity contribution >= 4 is 29.6 Å². The Hall–Kier alpha value is -4.11. The molecule has 12 unspecified atom stereocenters. The topological polar surface area (TPSA) is 629 Å². The molecule has 23 N–H and O–H groups in total. The van der Waals surface area contributed by atoms with Gasteiger partial charge < -0.3 is 175 Å². The molecule has 33 atom stereocenters. The summed E-state index contributed by atoms with van der Waals surface area (Å²) in [7, 11) is 0. The number of carboxylic acid groups (broad SMARTS) is 1. The number of ether oxygens (including phenoxy) is 12. The molecule has 6 fully saturated rings. The van der Waals surface area contributed by atoms with Crippen molar-refractivity contribution in [1.82, 2.24) is 21.3 Å². The molecule has 6 rings (SSSR count). The minimum absolute atomic E-state index is 0.112. The predicted molar refractivity (Wildman–Crippen MR) is 423 cm³/mol. The lowest BCUT2D eigenvalue weighted by molar-refractivity contribution is -0.404. The molecule has 0 aliphatic carbocycles. The number of hydrogen-bond acceptors (Lipinski definition) is 35. The van der Waals surface area contributed by atoms with Gasteiger partial charge in [-0.3, -0.25) is 19.2 Å². The van der Waals surface area contributed by atoms with E-state index in [9.17, 15) is 121 Å². The Kier molecular flexibility index (Phi) is 48.0. The van der Waals surface area contributed by atoms with Crippen LogP contribution in [0.25, 0.3) is 0 Å². The molecule has 0 spiro atoms. The first-order valence-electron chi connectivity index (χ1n) is 43.6. The van der Waals surface area contributed by atoms with Crippen LogP contribution in [0.4, 0.5) is 0 Å². The fourth-order valence-electron chi connectivity index (χ4n) is 16.2. The number of carbonyl (C=O) groups excluding carboxylic acids is 4. The molecule has 0 aromatic carbocycles. The Bertz CT molecular complexity index is 2960. The molecule has 0 radical (unpaired) electrons. The Morgan fingerprint density at radius 3 is 1.33 bits per heavy atom. The average molecular weight is 1750 g/mol. The van der Waals surface area contributed by atoms with Crippen LogP contribution >= 0.6 is 0 Å². The van der Waals surface area contributed by atoms with Crippen LogP contribution in [-0.2, 0) is 80.8 Å². The van der Waals surface area contributed by atoms with E-state index in [1.54, 1.807) is 6.08 Å². The molecule has 6 aliphatic heterocycles. The van der Waals surface area contributed by atoms with Gasteiger partial charge in [0.05, 0.1) is 70.5 Å². The lowest BCUT2D eigenvalue weighted by Gasteiger charge is -2.53. The Morgan fingerprint density at radius 2 is 0.835 bits per heavy atom.